The van der Waals surface area contributed by atoms with Gasteiger partial charge in [0.2, 0.25) is 40.2 Å². The molecule has 0 saturated carbocycles. The van der Waals surface area contributed by atoms with E-state index in [0.717, 1.165) is 148 Å². The summed E-state index contributed by atoms with van der Waals surface area (Å²) in [6.45, 7) is 18.3. The first kappa shape index (κ1) is 73.6. The van der Waals surface area contributed by atoms with Gasteiger partial charge in [0.25, 0.3) is 0 Å². The van der Waals surface area contributed by atoms with E-state index in [2.05, 4.69) is 151 Å². The number of nitrogens with one attached hydrogen (secondary N) is 5. The van der Waals surface area contributed by atoms with Crippen LogP contribution in [0.2, 0.25) is 0 Å². The van der Waals surface area contributed by atoms with Crippen LogP contribution in [0.5, 0.6) is 23.0 Å². The fraction of sp³-hybridized carbons (Fsp3) is 0.368. The molecule has 461 valence electrons. The number of alkyl halides is 4. The maximum atomic E-state index is 11.3. The van der Waals surface area contributed by atoms with E-state index in [9.17, 15) is 19.5 Å². The van der Waals surface area contributed by atoms with Gasteiger partial charge in [-0.25, -0.2) is 19.9 Å². The standard InChI is InChI=1S/2C14H16N4O2.C13H14N4O2.C12H14N4O.CHI3.CH3I.CH2I.CH4.V/c2*1-8-11(20-3)5-4-10-12(8)17-14(16-9(2)19)18-7-6-15-13(10)18;1-7-10(19)4-3-9-11(7)16-13(15-8(2)18)17-6-5-14-12(9)17;1-7-9(17-2)4-3-8-10(7)15-12(13)16-6-5-14-11(8)16;2-1(3)4;2*1-2;;/h2*4-5,15H,6-7H2,1-3H3;3-4,14,19H,5-6H2,1-2H3;3-4,13-14H,5-6H2,1-2H3;1H;1H3;1H2;1H4;/q;;;;;;-1;;. The van der Waals surface area contributed by atoms with Crippen molar-refractivity contribution < 1.29 is 52.3 Å². The van der Waals surface area contributed by atoms with Gasteiger partial charge in [-0.3, -0.25) is 43.0 Å². The predicted octanol–water partition coefficient (Wildman–Crippen LogP) is 10.1. The van der Waals surface area contributed by atoms with Gasteiger partial charge in [-0.1, -0.05) is 97.8 Å². The van der Waals surface area contributed by atoms with Gasteiger partial charge in [-0.05, 0) is 81.2 Å². The average molecular weight is 1780 g/mol. The number of aryl methyl sites for hydroxylation is 4. The molecule has 8 aromatic rings. The monoisotopic (exact) mass is 1780 g/mol. The van der Waals surface area contributed by atoms with Crippen LogP contribution >= 0.6 is 113 Å². The Balaban J connectivity index is 0.000000234. The molecule has 0 unspecified atom stereocenters. The summed E-state index contributed by atoms with van der Waals surface area (Å²) >= 11 is 11.0. The number of fused-ring (bicyclic) bond motifs is 12. The molecule has 6 N–H and O–H groups in total. The van der Waals surface area contributed by atoms with E-state index in [1.807, 2.05) is 109 Å². The number of nitrogens with zero attached hydrogens (tertiary/aromatic N) is 11. The molecule has 0 atom stereocenters. The largest absolute Gasteiger partial charge is 0.508 e. The van der Waals surface area contributed by atoms with Crippen molar-refractivity contribution in [3.8, 4) is 23.0 Å². The molecule has 0 aliphatic carbocycles. The van der Waals surface area contributed by atoms with Crippen LogP contribution < -0.4 is 58.0 Å². The summed E-state index contributed by atoms with van der Waals surface area (Å²) in [5.41, 5.74) is 8.27. The number of rotatable bonds is 3. The number of anilines is 4. The van der Waals surface area contributed by atoms with Crippen molar-refractivity contribution in [2.75, 3.05) is 73.7 Å². The number of methoxy groups -OCH3 is 3. The van der Waals surface area contributed by atoms with Crippen LogP contribution in [0, 0.1) is 38.0 Å². The van der Waals surface area contributed by atoms with Crippen LogP contribution in [0.1, 0.15) is 50.5 Å². The first-order valence-corrected chi connectivity index (χ1v) is 33.4. The third kappa shape index (κ3) is 16.9. The summed E-state index contributed by atoms with van der Waals surface area (Å²) < 4.78 is 24.4. The maximum Gasteiger partial charge on any atom is 0.245 e. The zero-order valence-electron chi connectivity index (χ0n) is 48.7. The Morgan fingerprint density at radius 2 is 0.779 bits per heavy atom. The Bertz CT molecular complexity index is 3960. The second kappa shape index (κ2) is 34.2. The van der Waals surface area contributed by atoms with Crippen molar-refractivity contribution in [2.24, 2.45) is 15.0 Å². The number of carbonyl (C=O) groups is 3. The maximum absolute atomic E-state index is 11.3. The number of hydrogen-bond donors (Lipinski definition) is 6. The molecule has 4 aliphatic rings. The van der Waals surface area contributed by atoms with Gasteiger partial charge in [-0.15, -0.1) is 0 Å². The molecule has 4 aromatic carbocycles. The number of halogens is 5. The van der Waals surface area contributed by atoms with Crippen LogP contribution in [-0.4, -0.2) is 113 Å². The van der Waals surface area contributed by atoms with Crippen LogP contribution in [0.15, 0.2) is 63.5 Å². The molecular weight excluding hydrogens is 1710 g/mol. The SMILES string of the molecule is C.CC(=O)N=c1nc2c(C)c(O)ccc2c2n1CCN2.CI.COc1ccc2c3n(c(=N)nc2c1C)CCN3.COc1ccc2c3n(c(=NC(C)=O)nc2c1C)CCN3.COc1ccc2c3n(c(=NC(C)=O)nc2c1C)CCN3.IC(I)I.[CH2-]I.[V]. The van der Waals surface area contributed by atoms with E-state index in [0.29, 0.717) is 33.6 Å². The number of benzene rings is 4. The van der Waals surface area contributed by atoms with Crippen molar-refractivity contribution in [1.82, 2.24) is 38.2 Å². The molecule has 0 bridgehead atoms. The van der Waals surface area contributed by atoms with Crippen LogP contribution in [0.25, 0.3) is 43.6 Å². The molecule has 12 rings (SSSR count). The Hall–Kier alpha value is -4.92. The van der Waals surface area contributed by atoms with E-state index >= 15 is 0 Å². The summed E-state index contributed by atoms with van der Waals surface area (Å²) in [6.07, 6.45) is 0. The van der Waals surface area contributed by atoms with E-state index in [4.69, 9.17) is 19.6 Å². The van der Waals surface area contributed by atoms with E-state index in [1.54, 1.807) is 34.3 Å². The molecule has 3 amide bonds. The smallest absolute Gasteiger partial charge is 0.245 e. The number of hydrogen-bond acceptors (Lipinski definition) is 16. The molecule has 1 radical (unpaired) electrons. The molecule has 0 fully saturated rings. The minimum absolute atomic E-state index is 0. The minimum atomic E-state index is -0.286. The van der Waals surface area contributed by atoms with Gasteiger partial charge in [0, 0.05) is 135 Å². The van der Waals surface area contributed by atoms with Crippen molar-refractivity contribution >= 4 is 198 Å². The molecular formula is C57H70I5N16O7V-. The zero-order chi connectivity index (χ0) is 61.7. The number of phenolic OH excluding ortho intramolecular Hbond substituents is 1. The number of aromatic nitrogens is 8. The second-order valence-corrected chi connectivity index (χ2v) is 29.4. The molecule has 0 saturated heterocycles. The fourth-order valence-electron chi connectivity index (χ4n) is 9.81. The van der Waals surface area contributed by atoms with Gasteiger partial charge >= 0.3 is 0 Å². The van der Waals surface area contributed by atoms with Gasteiger partial charge in [-0.2, -0.15) is 15.0 Å². The Labute approximate surface area is 579 Å². The fourth-order valence-corrected chi connectivity index (χ4v) is 9.81. The van der Waals surface area contributed by atoms with Crippen LogP contribution in [0.4, 0.5) is 23.3 Å². The summed E-state index contributed by atoms with van der Waals surface area (Å²) in [7, 11) is 4.92. The van der Waals surface area contributed by atoms with E-state index < -0.39 is 0 Å². The quantitative estimate of drug-likeness (QED) is 0.0545. The average Bonchev–Trinajstić information content (AvgIpc) is 1.69. The second-order valence-electron chi connectivity index (χ2n) is 18.5. The van der Waals surface area contributed by atoms with E-state index in [1.165, 1.54) is 20.8 Å². The zero-order valence-corrected chi connectivity index (χ0v) is 60.9. The normalized spacial score (nSPS) is 13.1. The molecule has 4 aliphatic heterocycles. The number of ether oxygens (including phenoxy) is 3. The van der Waals surface area contributed by atoms with Gasteiger partial charge in [0.05, 0.1) is 43.4 Å². The first-order valence-electron chi connectivity index (χ1n) is 26.0. The molecule has 4 aromatic heterocycles. The number of carbonyl (C=O) groups excluding carboxylic acids is 3. The van der Waals surface area contributed by atoms with Crippen molar-refractivity contribution in [2.45, 2.75) is 82.0 Å². The molecule has 8 heterocycles. The van der Waals surface area contributed by atoms with Crippen molar-refractivity contribution in [1.29, 1.82) is 5.41 Å². The van der Waals surface area contributed by atoms with Gasteiger partial charge in [0.15, 0.2) is 0 Å². The summed E-state index contributed by atoms with van der Waals surface area (Å²) in [6, 6.07) is 15.3. The van der Waals surface area contributed by atoms with Crippen LogP contribution in [-0.2, 0) is 59.1 Å². The third-order valence-electron chi connectivity index (χ3n) is 13.4. The summed E-state index contributed by atoms with van der Waals surface area (Å²) in [5, 5.41) is 35.0. The summed E-state index contributed by atoms with van der Waals surface area (Å²) in [5.74, 6) is 5.58. The van der Waals surface area contributed by atoms with Gasteiger partial charge < -0.3 is 63.2 Å². The molecule has 86 heavy (non-hydrogen) atoms. The predicted molar refractivity (Wildman–Crippen MR) is 380 cm³/mol. The Morgan fingerprint density at radius 3 is 1.07 bits per heavy atom. The van der Waals surface area contributed by atoms with E-state index in [-0.39, 0.29) is 49.5 Å². The Morgan fingerprint density at radius 1 is 0.523 bits per heavy atom. The third-order valence-corrected chi connectivity index (χ3v) is 13.4. The number of amides is 3. The first-order chi connectivity index (χ1) is 40.3. The van der Waals surface area contributed by atoms with Gasteiger partial charge in [0.1, 0.15) is 46.2 Å². The molecule has 0 spiro atoms. The number of aromatic hydroxyl groups is 1. The van der Waals surface area contributed by atoms with Crippen molar-refractivity contribution in [3.63, 3.8) is 0 Å². The molecule has 29 heteroatoms. The summed E-state index contributed by atoms with van der Waals surface area (Å²) in [4.78, 5) is 68.8. The molecule has 23 nitrogen and oxygen atoms in total. The topological polar surface area (TPSA) is 279 Å². The van der Waals surface area contributed by atoms with Crippen molar-refractivity contribution in [3.05, 3.63) is 98.2 Å². The minimum Gasteiger partial charge on any atom is -0.508 e. The number of phenols is 1. The Kier molecular flexibility index (Phi) is 29.2. The van der Waals surface area contributed by atoms with Crippen LogP contribution in [0.3, 0.4) is 0 Å².